The van der Waals surface area contributed by atoms with Crippen molar-refractivity contribution in [2.45, 2.75) is 48.4 Å². The molecule has 0 aliphatic carbocycles. The number of rotatable bonds is 6. The minimum atomic E-state index is 0.199. The van der Waals surface area contributed by atoms with Crippen LogP contribution in [-0.2, 0) is 17.9 Å². The van der Waals surface area contributed by atoms with E-state index < -0.39 is 0 Å². The quantitative estimate of drug-likeness (QED) is 0.541. The van der Waals surface area contributed by atoms with Crippen LogP contribution in [0.4, 0.5) is 0 Å². The van der Waals surface area contributed by atoms with E-state index in [1.54, 1.807) is 0 Å². The predicted molar refractivity (Wildman–Crippen MR) is 119 cm³/mol. The molecule has 156 valence electrons. The Balaban J connectivity index is 1.28. The Morgan fingerprint density at radius 3 is 1.67 bits per heavy atom. The van der Waals surface area contributed by atoms with Crippen LogP contribution >= 0.6 is 0 Å². The van der Waals surface area contributed by atoms with Gasteiger partial charge in [-0.2, -0.15) is 0 Å². The summed E-state index contributed by atoms with van der Waals surface area (Å²) in [5.74, 6) is 0.896. The van der Waals surface area contributed by atoms with Crippen LogP contribution in [0.3, 0.4) is 0 Å². The van der Waals surface area contributed by atoms with E-state index in [1.165, 1.54) is 0 Å². The van der Waals surface area contributed by atoms with Gasteiger partial charge in [0.2, 0.25) is 0 Å². The standard InChI is InChI=1S/C23H28As2N4O/c24-21-13-17(7-11-28(21)15-19-5-1-3-9-26-19)23(30)18-8-12-29(22(25)14-18)16-20-6-2-4-10-27-20/h1-6,9-10,17-18,21-22H,7-8,11-16H2. The van der Waals surface area contributed by atoms with Crippen LogP contribution in [0.25, 0.3) is 0 Å². The first-order valence-electron chi connectivity index (χ1n) is 10.8. The Labute approximate surface area is 197 Å². The molecule has 2 saturated heterocycles. The van der Waals surface area contributed by atoms with Crippen molar-refractivity contribution in [1.82, 2.24) is 19.8 Å². The van der Waals surface area contributed by atoms with Crippen LogP contribution in [0.5, 0.6) is 0 Å². The summed E-state index contributed by atoms with van der Waals surface area (Å²) in [5.41, 5.74) is 2.20. The average molecular weight is 526 g/mol. The number of hydrogen-bond acceptors (Lipinski definition) is 5. The Morgan fingerprint density at radius 1 is 0.833 bits per heavy atom. The first-order valence-corrected chi connectivity index (χ1v) is 12.9. The molecule has 4 rings (SSSR count). The zero-order valence-electron chi connectivity index (χ0n) is 17.2. The molecule has 30 heavy (non-hydrogen) atoms. The third-order valence-electron chi connectivity index (χ3n) is 6.35. The van der Waals surface area contributed by atoms with E-state index >= 15 is 0 Å². The Hall–Kier alpha value is -0.993. The van der Waals surface area contributed by atoms with Gasteiger partial charge in [0.05, 0.1) is 0 Å². The summed E-state index contributed by atoms with van der Waals surface area (Å²) in [4.78, 5) is 27.8. The maximum atomic E-state index is 13.3. The number of Topliss-reactive ketones (excluding diaryl/α,β-unsaturated/α-hetero) is 1. The van der Waals surface area contributed by atoms with Crippen molar-refractivity contribution < 1.29 is 4.79 Å². The van der Waals surface area contributed by atoms with Crippen molar-refractivity contribution in [2.24, 2.45) is 11.8 Å². The summed E-state index contributed by atoms with van der Waals surface area (Å²) in [6, 6.07) is 12.1. The number of carbonyl (C=O) groups excluding carboxylic acids is 1. The molecular formula is C23H28As2N4O. The van der Waals surface area contributed by atoms with Crippen molar-refractivity contribution in [1.29, 1.82) is 0 Å². The fraction of sp³-hybridized carbons (Fsp3) is 0.522. The molecule has 2 aliphatic heterocycles. The molecule has 4 unspecified atom stereocenters. The number of nitrogens with zero attached hydrogens (tertiary/aromatic N) is 4. The Morgan fingerprint density at radius 2 is 1.30 bits per heavy atom. The second kappa shape index (κ2) is 10.5. The van der Waals surface area contributed by atoms with Crippen molar-refractivity contribution in [3.8, 4) is 0 Å². The van der Waals surface area contributed by atoms with E-state index in [1.807, 2.05) is 36.7 Å². The van der Waals surface area contributed by atoms with Crippen LogP contribution in [0.15, 0.2) is 48.8 Å². The molecule has 4 atom stereocenters. The van der Waals surface area contributed by atoms with Gasteiger partial charge in [0.15, 0.2) is 0 Å². The average Bonchev–Trinajstić information content (AvgIpc) is 2.77. The molecule has 2 fully saturated rings. The number of pyridine rings is 2. The Kier molecular flexibility index (Phi) is 7.81. The molecule has 2 aromatic rings. The van der Waals surface area contributed by atoms with Gasteiger partial charge < -0.3 is 0 Å². The van der Waals surface area contributed by atoms with E-state index in [2.05, 4.69) is 65.6 Å². The predicted octanol–water partition coefficient (Wildman–Crippen LogP) is 2.16. The van der Waals surface area contributed by atoms with Crippen LogP contribution in [0.2, 0.25) is 0 Å². The van der Waals surface area contributed by atoms with Gasteiger partial charge in [0.1, 0.15) is 0 Å². The molecule has 0 saturated carbocycles. The second-order valence-electron chi connectivity index (χ2n) is 8.39. The summed E-state index contributed by atoms with van der Waals surface area (Å²) in [7, 11) is 0. The SMILES string of the molecule is O=C(C1CCN(Cc2ccccn2)C([As])C1)C1CCN(Cc2ccccn2)C([As])C1. The fourth-order valence-corrected chi connectivity index (χ4v) is 6.50. The molecule has 0 spiro atoms. The number of likely N-dealkylation sites (tertiary alicyclic amines) is 2. The van der Waals surface area contributed by atoms with Gasteiger partial charge in [0.25, 0.3) is 0 Å². The van der Waals surface area contributed by atoms with Gasteiger partial charge in [-0.1, -0.05) is 0 Å². The molecule has 7 heteroatoms. The molecule has 0 aromatic carbocycles. The first-order chi connectivity index (χ1) is 14.6. The topological polar surface area (TPSA) is 49.3 Å². The van der Waals surface area contributed by atoms with Crippen molar-refractivity contribution in [3.63, 3.8) is 0 Å². The van der Waals surface area contributed by atoms with Crippen molar-refractivity contribution in [2.75, 3.05) is 13.1 Å². The normalized spacial score (nSPS) is 28.3. The van der Waals surface area contributed by atoms with Gasteiger partial charge >= 0.3 is 198 Å². The second-order valence-corrected chi connectivity index (χ2v) is 10.9. The summed E-state index contributed by atoms with van der Waals surface area (Å²) >= 11 is 5.57. The Bertz CT molecular complexity index is 755. The molecule has 2 aromatic heterocycles. The molecule has 4 radical (unpaired) electrons. The van der Waals surface area contributed by atoms with Crippen LogP contribution in [0, 0.1) is 11.8 Å². The number of aromatic nitrogens is 2. The summed E-state index contributed by atoms with van der Waals surface area (Å²) < 4.78 is 0. The molecule has 4 heterocycles. The summed E-state index contributed by atoms with van der Waals surface area (Å²) in [6.45, 7) is 3.66. The first kappa shape index (κ1) is 22.2. The van der Waals surface area contributed by atoms with E-state index in [0.29, 0.717) is 15.4 Å². The van der Waals surface area contributed by atoms with Gasteiger partial charge in [0, 0.05) is 0 Å². The number of piperidine rings is 2. The molecule has 0 amide bonds. The summed E-state index contributed by atoms with van der Waals surface area (Å²) in [6.07, 6.45) is 7.54. The fourth-order valence-electron chi connectivity index (χ4n) is 4.60. The zero-order chi connectivity index (χ0) is 20.9. The number of carbonyl (C=O) groups is 1. The van der Waals surface area contributed by atoms with Crippen molar-refractivity contribution in [3.05, 3.63) is 60.2 Å². The van der Waals surface area contributed by atoms with E-state index in [4.69, 9.17) is 0 Å². The van der Waals surface area contributed by atoms with Gasteiger partial charge in [-0.25, -0.2) is 0 Å². The van der Waals surface area contributed by atoms with Crippen molar-refractivity contribution >= 4 is 39.5 Å². The van der Waals surface area contributed by atoms with E-state index in [0.717, 1.165) is 63.3 Å². The monoisotopic (exact) mass is 526 g/mol. The van der Waals surface area contributed by atoms with Gasteiger partial charge in [-0.3, -0.25) is 0 Å². The number of ketones is 1. The third kappa shape index (κ3) is 5.62. The number of hydrogen-bond donors (Lipinski definition) is 0. The molecule has 0 bridgehead atoms. The third-order valence-corrected chi connectivity index (χ3v) is 8.61. The van der Waals surface area contributed by atoms with Crippen LogP contribution < -0.4 is 0 Å². The molecule has 2 aliphatic rings. The summed E-state index contributed by atoms with van der Waals surface area (Å²) in [5, 5.41) is 0. The molecule has 5 nitrogen and oxygen atoms in total. The molecular weight excluding hydrogens is 498 g/mol. The van der Waals surface area contributed by atoms with Gasteiger partial charge in [-0.05, 0) is 0 Å². The van der Waals surface area contributed by atoms with Gasteiger partial charge in [-0.15, -0.1) is 0 Å². The minimum absolute atomic E-state index is 0.199. The van der Waals surface area contributed by atoms with Crippen LogP contribution in [0.1, 0.15) is 37.1 Å². The van der Waals surface area contributed by atoms with Crippen LogP contribution in [-0.4, -0.2) is 82.0 Å². The zero-order valence-corrected chi connectivity index (χ0v) is 20.9. The molecule has 0 N–H and O–H groups in total. The van der Waals surface area contributed by atoms with E-state index in [9.17, 15) is 4.79 Å². The van der Waals surface area contributed by atoms with E-state index in [-0.39, 0.29) is 11.8 Å². The maximum absolute atomic E-state index is 13.3.